The lowest BCUT2D eigenvalue weighted by atomic mass is 9.83. The van der Waals surface area contributed by atoms with Crippen LogP contribution < -0.4 is 5.32 Å². The highest BCUT2D eigenvalue weighted by Gasteiger charge is 2.33. The van der Waals surface area contributed by atoms with Gasteiger partial charge >= 0.3 is 0 Å². The number of benzene rings is 1. The van der Waals surface area contributed by atoms with E-state index in [4.69, 9.17) is 0 Å². The summed E-state index contributed by atoms with van der Waals surface area (Å²) in [5, 5.41) is 13.5. The first-order chi connectivity index (χ1) is 11.2. The number of fused-ring (bicyclic) bond motifs is 1. The Labute approximate surface area is 140 Å². The molecule has 120 valence electrons. The number of aromatic nitrogens is 1. The standard InChI is InChI=1S/C18H21N3OS/c19-13-18(11-4-1-5-12-18)21-16(22)9-6-10-17-20-14-7-2-3-8-15(14)23-17/h2-3,7-8H,1,4-6,9-12H2,(H,21,22). The van der Waals surface area contributed by atoms with Crippen molar-refractivity contribution in [2.24, 2.45) is 0 Å². The molecule has 0 saturated heterocycles. The third kappa shape index (κ3) is 3.89. The summed E-state index contributed by atoms with van der Waals surface area (Å²) < 4.78 is 1.19. The van der Waals surface area contributed by atoms with Gasteiger partial charge in [-0.1, -0.05) is 31.4 Å². The largest absolute Gasteiger partial charge is 0.338 e. The number of carbonyl (C=O) groups is 1. The molecule has 1 amide bonds. The average molecular weight is 327 g/mol. The van der Waals surface area contributed by atoms with Crippen molar-refractivity contribution in [2.75, 3.05) is 0 Å². The Balaban J connectivity index is 1.50. The van der Waals surface area contributed by atoms with Crippen LogP contribution in [0.1, 0.15) is 50.0 Å². The van der Waals surface area contributed by atoms with E-state index in [1.807, 2.05) is 18.2 Å². The minimum atomic E-state index is -0.620. The van der Waals surface area contributed by atoms with E-state index in [0.717, 1.165) is 55.5 Å². The van der Waals surface area contributed by atoms with Gasteiger partial charge in [0.2, 0.25) is 5.91 Å². The summed E-state index contributed by atoms with van der Waals surface area (Å²) in [6.45, 7) is 0. The third-order valence-corrected chi connectivity index (χ3v) is 5.53. The van der Waals surface area contributed by atoms with Crippen LogP contribution in [-0.2, 0) is 11.2 Å². The second kappa shape index (κ2) is 7.10. The number of para-hydroxylation sites is 1. The Morgan fingerprint density at radius 3 is 2.83 bits per heavy atom. The Kier molecular flexibility index (Phi) is 4.92. The SMILES string of the molecule is N#CC1(NC(=O)CCCc2nc3ccccc3s2)CCCCC1. The van der Waals surface area contributed by atoms with E-state index in [2.05, 4.69) is 22.4 Å². The molecular formula is C18H21N3OS. The van der Waals surface area contributed by atoms with E-state index in [1.165, 1.54) is 4.70 Å². The number of carbonyl (C=O) groups excluding carboxylic acids is 1. The van der Waals surface area contributed by atoms with Gasteiger partial charge in [-0.15, -0.1) is 11.3 Å². The minimum absolute atomic E-state index is 0.00504. The molecule has 0 aliphatic heterocycles. The van der Waals surface area contributed by atoms with E-state index in [0.29, 0.717) is 6.42 Å². The lowest BCUT2D eigenvalue weighted by Crippen LogP contribution is -2.48. The molecule has 0 spiro atoms. The molecule has 0 atom stereocenters. The number of nitrogens with zero attached hydrogens (tertiary/aromatic N) is 2. The molecule has 0 bridgehead atoms. The van der Waals surface area contributed by atoms with Crippen LogP contribution >= 0.6 is 11.3 Å². The molecule has 3 rings (SSSR count). The Bertz CT molecular complexity index is 692. The van der Waals surface area contributed by atoms with Crippen LogP contribution in [0.2, 0.25) is 0 Å². The van der Waals surface area contributed by atoms with Crippen molar-refractivity contribution in [2.45, 2.75) is 56.9 Å². The molecule has 1 heterocycles. The first kappa shape index (κ1) is 15.9. The van der Waals surface area contributed by atoms with Gasteiger partial charge in [-0.05, 0) is 37.8 Å². The van der Waals surface area contributed by atoms with E-state index >= 15 is 0 Å². The molecule has 1 aliphatic carbocycles. The van der Waals surface area contributed by atoms with Crippen LogP contribution in [0.5, 0.6) is 0 Å². The van der Waals surface area contributed by atoms with Crippen LogP contribution in [0.15, 0.2) is 24.3 Å². The number of nitrogens with one attached hydrogen (secondary N) is 1. The zero-order chi connectivity index (χ0) is 16.1. The first-order valence-corrected chi connectivity index (χ1v) is 9.09. The molecule has 1 aliphatic rings. The average Bonchev–Trinajstić information content (AvgIpc) is 2.98. The van der Waals surface area contributed by atoms with Gasteiger partial charge in [-0.3, -0.25) is 4.79 Å². The minimum Gasteiger partial charge on any atom is -0.338 e. The highest BCUT2D eigenvalue weighted by atomic mass is 32.1. The fourth-order valence-corrected chi connectivity index (χ4v) is 4.19. The quantitative estimate of drug-likeness (QED) is 0.904. The molecule has 1 N–H and O–H groups in total. The maximum Gasteiger partial charge on any atom is 0.221 e. The van der Waals surface area contributed by atoms with Crippen molar-refractivity contribution in [3.63, 3.8) is 0 Å². The van der Waals surface area contributed by atoms with Gasteiger partial charge in [0.15, 0.2) is 0 Å². The van der Waals surface area contributed by atoms with Crippen molar-refractivity contribution in [1.82, 2.24) is 10.3 Å². The topological polar surface area (TPSA) is 65.8 Å². The number of hydrogen-bond acceptors (Lipinski definition) is 4. The Morgan fingerprint density at radius 1 is 1.30 bits per heavy atom. The lowest BCUT2D eigenvalue weighted by Gasteiger charge is -2.31. The van der Waals surface area contributed by atoms with E-state index < -0.39 is 5.54 Å². The molecular weight excluding hydrogens is 306 g/mol. The fourth-order valence-electron chi connectivity index (χ4n) is 3.18. The van der Waals surface area contributed by atoms with Gasteiger partial charge in [0.05, 0.1) is 21.3 Å². The monoisotopic (exact) mass is 327 g/mol. The van der Waals surface area contributed by atoms with E-state index in [9.17, 15) is 10.1 Å². The first-order valence-electron chi connectivity index (χ1n) is 8.27. The fraction of sp³-hybridized carbons (Fsp3) is 0.500. The number of aryl methyl sites for hydroxylation is 1. The van der Waals surface area contributed by atoms with Crippen molar-refractivity contribution in [3.8, 4) is 6.07 Å². The number of amides is 1. The molecule has 1 fully saturated rings. The normalized spacial score (nSPS) is 16.8. The Hall–Kier alpha value is -1.93. The van der Waals surface area contributed by atoms with Gasteiger partial charge in [-0.25, -0.2) is 4.98 Å². The predicted molar refractivity (Wildman–Crippen MR) is 92.1 cm³/mol. The van der Waals surface area contributed by atoms with Gasteiger partial charge in [0.25, 0.3) is 0 Å². The van der Waals surface area contributed by atoms with Crippen LogP contribution in [0.4, 0.5) is 0 Å². The molecule has 1 aromatic carbocycles. The highest BCUT2D eigenvalue weighted by molar-refractivity contribution is 7.18. The maximum atomic E-state index is 12.2. The molecule has 1 saturated carbocycles. The zero-order valence-corrected chi connectivity index (χ0v) is 14.0. The molecule has 23 heavy (non-hydrogen) atoms. The van der Waals surface area contributed by atoms with Gasteiger partial charge < -0.3 is 5.32 Å². The molecule has 2 aromatic rings. The Morgan fingerprint density at radius 2 is 2.09 bits per heavy atom. The summed E-state index contributed by atoms with van der Waals surface area (Å²) in [6, 6.07) is 10.4. The van der Waals surface area contributed by atoms with Crippen LogP contribution in [0.25, 0.3) is 10.2 Å². The number of hydrogen-bond donors (Lipinski definition) is 1. The zero-order valence-electron chi connectivity index (χ0n) is 13.2. The van der Waals surface area contributed by atoms with Crippen LogP contribution in [0, 0.1) is 11.3 Å². The third-order valence-electron chi connectivity index (χ3n) is 4.43. The maximum absolute atomic E-state index is 12.2. The number of thiazole rings is 1. The smallest absolute Gasteiger partial charge is 0.221 e. The van der Waals surface area contributed by atoms with Crippen molar-refractivity contribution < 1.29 is 4.79 Å². The molecule has 5 heteroatoms. The van der Waals surface area contributed by atoms with Crippen LogP contribution in [-0.4, -0.2) is 16.4 Å². The summed E-state index contributed by atoms with van der Waals surface area (Å²) in [5.41, 5.74) is 0.410. The van der Waals surface area contributed by atoms with E-state index in [-0.39, 0.29) is 5.91 Å². The lowest BCUT2D eigenvalue weighted by molar-refractivity contribution is -0.122. The number of rotatable bonds is 5. The molecule has 4 nitrogen and oxygen atoms in total. The second-order valence-electron chi connectivity index (χ2n) is 6.23. The number of nitriles is 1. The van der Waals surface area contributed by atoms with Gasteiger partial charge in [0, 0.05) is 6.42 Å². The second-order valence-corrected chi connectivity index (χ2v) is 7.35. The van der Waals surface area contributed by atoms with Gasteiger partial charge in [-0.2, -0.15) is 5.26 Å². The molecule has 1 aromatic heterocycles. The highest BCUT2D eigenvalue weighted by Crippen LogP contribution is 2.28. The molecule has 0 radical (unpaired) electrons. The van der Waals surface area contributed by atoms with Crippen LogP contribution in [0.3, 0.4) is 0 Å². The molecule has 0 unspecified atom stereocenters. The summed E-state index contributed by atoms with van der Waals surface area (Å²) in [7, 11) is 0. The summed E-state index contributed by atoms with van der Waals surface area (Å²) >= 11 is 1.69. The summed E-state index contributed by atoms with van der Waals surface area (Å²) in [5.74, 6) is -0.00504. The summed E-state index contributed by atoms with van der Waals surface area (Å²) in [6.07, 6.45) is 6.83. The predicted octanol–water partition coefficient (Wildman–Crippen LogP) is 3.96. The summed E-state index contributed by atoms with van der Waals surface area (Å²) in [4.78, 5) is 16.7. The van der Waals surface area contributed by atoms with Gasteiger partial charge in [0.1, 0.15) is 5.54 Å². The van der Waals surface area contributed by atoms with Crippen molar-refractivity contribution in [1.29, 1.82) is 5.26 Å². The van der Waals surface area contributed by atoms with E-state index in [1.54, 1.807) is 11.3 Å². The van der Waals surface area contributed by atoms with Crippen molar-refractivity contribution >= 4 is 27.5 Å². The van der Waals surface area contributed by atoms with Crippen molar-refractivity contribution in [3.05, 3.63) is 29.3 Å².